The van der Waals surface area contributed by atoms with Crippen LogP contribution in [0.2, 0.25) is 0 Å². The summed E-state index contributed by atoms with van der Waals surface area (Å²) in [5.74, 6) is 0.219. The van der Waals surface area contributed by atoms with E-state index in [4.69, 9.17) is 18.9 Å². The molecule has 0 radical (unpaired) electrons. The number of rotatable bonds is 14. The molecule has 222 valence electrons. The molecule has 1 atom stereocenters. The van der Waals surface area contributed by atoms with E-state index in [-0.39, 0.29) is 11.3 Å². The van der Waals surface area contributed by atoms with Gasteiger partial charge in [0.1, 0.15) is 11.5 Å². The van der Waals surface area contributed by atoms with Crippen LogP contribution in [0.25, 0.3) is 5.76 Å². The number of methoxy groups -OCH3 is 1. The molecule has 0 saturated carbocycles. The number of benzene rings is 2. The van der Waals surface area contributed by atoms with Gasteiger partial charge >= 0.3 is 0 Å². The van der Waals surface area contributed by atoms with Gasteiger partial charge in [0.25, 0.3) is 11.7 Å². The molecule has 1 unspecified atom stereocenters. The number of hydrogen-bond acceptors (Lipinski definition) is 8. The number of likely N-dealkylation sites (tertiary alicyclic amines) is 1. The zero-order chi connectivity index (χ0) is 29.2. The van der Waals surface area contributed by atoms with E-state index in [0.29, 0.717) is 67.9 Å². The molecule has 4 rings (SSSR count). The fourth-order valence-corrected chi connectivity index (χ4v) is 5.03. The van der Waals surface area contributed by atoms with Crippen molar-refractivity contribution < 1.29 is 33.6 Å². The molecular formula is C32H42N2O7. The maximum atomic E-state index is 13.5. The molecule has 1 N–H and O–H groups in total. The summed E-state index contributed by atoms with van der Waals surface area (Å²) in [5.41, 5.74) is 1.15. The number of carbonyl (C=O) groups is 2. The predicted octanol–water partition coefficient (Wildman–Crippen LogP) is 4.81. The summed E-state index contributed by atoms with van der Waals surface area (Å²) in [7, 11) is 1.56. The minimum absolute atomic E-state index is 0.0540. The molecule has 1 amide bonds. The topological polar surface area (TPSA) is 97.8 Å². The zero-order valence-corrected chi connectivity index (χ0v) is 24.4. The summed E-state index contributed by atoms with van der Waals surface area (Å²) in [6.07, 6.45) is 3.89. The third kappa shape index (κ3) is 7.40. The van der Waals surface area contributed by atoms with Gasteiger partial charge in [0.15, 0.2) is 11.5 Å². The van der Waals surface area contributed by atoms with Gasteiger partial charge in [-0.25, -0.2) is 0 Å². The number of ketones is 1. The number of morpholine rings is 1. The third-order valence-electron chi connectivity index (χ3n) is 7.45. The number of carbonyl (C=O) groups excluding carboxylic acids is 2. The van der Waals surface area contributed by atoms with Crippen LogP contribution in [0.5, 0.6) is 17.2 Å². The summed E-state index contributed by atoms with van der Waals surface area (Å²) in [4.78, 5) is 30.7. The highest BCUT2D eigenvalue weighted by molar-refractivity contribution is 6.46. The van der Waals surface area contributed by atoms with Crippen molar-refractivity contribution in [2.75, 3.05) is 59.7 Å². The Morgan fingerprint density at radius 3 is 2.27 bits per heavy atom. The van der Waals surface area contributed by atoms with Crippen molar-refractivity contribution in [3.8, 4) is 17.2 Å². The maximum Gasteiger partial charge on any atom is 0.295 e. The second-order valence-corrected chi connectivity index (χ2v) is 10.3. The second-order valence-electron chi connectivity index (χ2n) is 10.3. The first-order valence-corrected chi connectivity index (χ1v) is 14.6. The molecule has 2 fully saturated rings. The molecule has 2 heterocycles. The standard InChI is InChI=1S/C32H42N2O7/c1-4-6-18-40-25-11-8-23(9-12-25)30(35)28-29(24-10-13-26(27(22-24)38-3)41-19-7-5-2)34(32(37)31(28)36)15-14-33-16-20-39-21-17-33/h8-13,22,29,35H,4-7,14-21H2,1-3H3/b30-28+. The van der Waals surface area contributed by atoms with E-state index in [1.165, 1.54) is 0 Å². The lowest BCUT2D eigenvalue weighted by Crippen LogP contribution is -2.42. The molecule has 2 saturated heterocycles. The molecule has 0 bridgehead atoms. The fourth-order valence-electron chi connectivity index (χ4n) is 5.03. The Bertz CT molecular complexity index is 1210. The summed E-state index contributed by atoms with van der Waals surface area (Å²) in [5, 5.41) is 11.5. The van der Waals surface area contributed by atoms with E-state index in [2.05, 4.69) is 18.7 Å². The van der Waals surface area contributed by atoms with Gasteiger partial charge in [0.05, 0.1) is 45.2 Å². The molecule has 2 aliphatic heterocycles. The first-order chi connectivity index (χ1) is 20.0. The van der Waals surface area contributed by atoms with Gasteiger partial charge < -0.3 is 29.0 Å². The SMILES string of the molecule is CCCCOc1ccc(/C(O)=C2\C(=O)C(=O)N(CCN3CCOCC3)C2c2ccc(OCCCC)c(OC)c2)cc1. The van der Waals surface area contributed by atoms with Crippen molar-refractivity contribution in [1.29, 1.82) is 0 Å². The van der Waals surface area contributed by atoms with Crippen molar-refractivity contribution in [3.05, 3.63) is 59.2 Å². The van der Waals surface area contributed by atoms with Gasteiger partial charge in [-0.15, -0.1) is 0 Å². The third-order valence-corrected chi connectivity index (χ3v) is 7.45. The van der Waals surface area contributed by atoms with Crippen molar-refractivity contribution in [3.63, 3.8) is 0 Å². The Morgan fingerprint density at radius 1 is 0.927 bits per heavy atom. The van der Waals surface area contributed by atoms with Crippen molar-refractivity contribution in [2.24, 2.45) is 0 Å². The Balaban J connectivity index is 1.69. The van der Waals surface area contributed by atoms with Gasteiger partial charge in [0, 0.05) is 31.7 Å². The first-order valence-electron chi connectivity index (χ1n) is 14.6. The number of aliphatic hydroxyl groups excluding tert-OH is 1. The van der Waals surface area contributed by atoms with Gasteiger partial charge in [0.2, 0.25) is 0 Å². The van der Waals surface area contributed by atoms with E-state index < -0.39 is 17.7 Å². The van der Waals surface area contributed by atoms with E-state index in [0.717, 1.165) is 38.8 Å². The Kier molecular flexibility index (Phi) is 11.0. The number of amides is 1. The smallest absolute Gasteiger partial charge is 0.295 e. The number of ether oxygens (including phenoxy) is 4. The minimum Gasteiger partial charge on any atom is -0.507 e. The van der Waals surface area contributed by atoms with Crippen molar-refractivity contribution in [2.45, 2.75) is 45.6 Å². The van der Waals surface area contributed by atoms with Gasteiger partial charge in [-0.1, -0.05) is 32.8 Å². The number of nitrogens with zero attached hydrogens (tertiary/aromatic N) is 2. The highest BCUT2D eigenvalue weighted by atomic mass is 16.5. The zero-order valence-electron chi connectivity index (χ0n) is 24.4. The van der Waals surface area contributed by atoms with E-state index in [1.54, 1.807) is 48.4 Å². The van der Waals surface area contributed by atoms with Gasteiger partial charge in [-0.05, 0) is 54.8 Å². The molecule has 0 aliphatic carbocycles. The molecule has 2 aromatic carbocycles. The predicted molar refractivity (Wildman–Crippen MR) is 157 cm³/mol. The number of unbranched alkanes of at least 4 members (excludes halogenated alkanes) is 2. The number of aliphatic hydroxyl groups is 1. The molecule has 41 heavy (non-hydrogen) atoms. The average molecular weight is 567 g/mol. The first kappa shape index (κ1) is 30.4. The summed E-state index contributed by atoms with van der Waals surface area (Å²) < 4.78 is 22.7. The van der Waals surface area contributed by atoms with Crippen LogP contribution in [-0.2, 0) is 14.3 Å². The molecule has 9 heteroatoms. The molecular weight excluding hydrogens is 524 g/mol. The summed E-state index contributed by atoms with van der Waals surface area (Å²) >= 11 is 0. The van der Waals surface area contributed by atoms with E-state index in [1.807, 2.05) is 6.07 Å². The molecule has 2 aromatic rings. The van der Waals surface area contributed by atoms with Crippen LogP contribution in [0.4, 0.5) is 0 Å². The van der Waals surface area contributed by atoms with E-state index >= 15 is 0 Å². The molecule has 0 spiro atoms. The normalized spacial score (nSPS) is 19.0. The van der Waals surface area contributed by atoms with Crippen LogP contribution in [0.15, 0.2) is 48.0 Å². The monoisotopic (exact) mass is 566 g/mol. The quantitative estimate of drug-likeness (QED) is 0.151. The lowest BCUT2D eigenvalue weighted by Gasteiger charge is -2.31. The largest absolute Gasteiger partial charge is 0.507 e. The lowest BCUT2D eigenvalue weighted by molar-refractivity contribution is -0.140. The summed E-state index contributed by atoms with van der Waals surface area (Å²) in [6.45, 7) is 9.07. The van der Waals surface area contributed by atoms with Gasteiger partial charge in [-0.2, -0.15) is 0 Å². The van der Waals surface area contributed by atoms with Gasteiger partial charge in [-0.3, -0.25) is 14.5 Å². The molecule has 9 nitrogen and oxygen atoms in total. The van der Waals surface area contributed by atoms with Crippen molar-refractivity contribution in [1.82, 2.24) is 9.80 Å². The highest BCUT2D eigenvalue weighted by Gasteiger charge is 2.46. The van der Waals surface area contributed by atoms with Crippen LogP contribution in [-0.4, -0.2) is 86.3 Å². The Morgan fingerprint density at radius 2 is 1.61 bits per heavy atom. The lowest BCUT2D eigenvalue weighted by atomic mass is 9.95. The molecule has 2 aliphatic rings. The number of Topliss-reactive ketones (excluding diaryl/α,β-unsaturated/α-hetero) is 1. The highest BCUT2D eigenvalue weighted by Crippen LogP contribution is 2.42. The average Bonchev–Trinajstić information content (AvgIpc) is 3.26. The van der Waals surface area contributed by atoms with Crippen LogP contribution in [0, 0.1) is 0 Å². The Hall–Kier alpha value is -3.56. The minimum atomic E-state index is -0.782. The second kappa shape index (κ2) is 14.9. The van der Waals surface area contributed by atoms with Crippen LogP contribution in [0.3, 0.4) is 0 Å². The Labute approximate surface area is 242 Å². The van der Waals surface area contributed by atoms with Crippen molar-refractivity contribution >= 4 is 17.4 Å². The van der Waals surface area contributed by atoms with E-state index in [9.17, 15) is 14.7 Å². The number of hydrogen-bond donors (Lipinski definition) is 1. The summed E-state index contributed by atoms with van der Waals surface area (Å²) in [6, 6.07) is 11.6. The maximum absolute atomic E-state index is 13.5. The fraction of sp³-hybridized carbons (Fsp3) is 0.500. The van der Waals surface area contributed by atoms with Crippen LogP contribution >= 0.6 is 0 Å². The van der Waals surface area contributed by atoms with Crippen LogP contribution in [0.1, 0.15) is 56.7 Å². The van der Waals surface area contributed by atoms with Crippen LogP contribution < -0.4 is 14.2 Å². The molecule has 0 aromatic heterocycles.